The van der Waals surface area contributed by atoms with E-state index in [0.717, 1.165) is 12.1 Å². The van der Waals surface area contributed by atoms with Gasteiger partial charge in [-0.25, -0.2) is 9.18 Å². The number of amides is 1. The molecule has 1 amide bonds. The van der Waals surface area contributed by atoms with Crippen molar-refractivity contribution in [3.05, 3.63) is 52.8 Å². The van der Waals surface area contributed by atoms with Crippen molar-refractivity contribution in [3.63, 3.8) is 0 Å². The molecular weight excluding hydrogens is 353 g/mol. The Labute approximate surface area is 147 Å². The summed E-state index contributed by atoms with van der Waals surface area (Å²) in [5, 5.41) is 2.74. The van der Waals surface area contributed by atoms with Crippen LogP contribution in [-0.4, -0.2) is 31.7 Å². The predicted octanol–water partition coefficient (Wildman–Crippen LogP) is 3.05. The molecule has 3 rings (SSSR count). The van der Waals surface area contributed by atoms with E-state index in [9.17, 15) is 14.0 Å². The summed E-state index contributed by atoms with van der Waals surface area (Å²) in [5.74, 6) is -1.22. The summed E-state index contributed by atoms with van der Waals surface area (Å²) in [5.41, 5.74) is 0.124. The Balaban J connectivity index is 1.58. The maximum absolute atomic E-state index is 13.6. The van der Waals surface area contributed by atoms with Gasteiger partial charge >= 0.3 is 5.97 Å². The fraction of sp³-hybridized carbons (Fsp3) is 0.176. The highest BCUT2D eigenvalue weighted by Crippen LogP contribution is 2.32. The summed E-state index contributed by atoms with van der Waals surface area (Å²) in [7, 11) is 0. The number of hydrogen-bond acceptors (Lipinski definition) is 5. The summed E-state index contributed by atoms with van der Waals surface area (Å²) in [6.45, 7) is 0.321. The average molecular weight is 366 g/mol. The lowest BCUT2D eigenvalue weighted by atomic mass is 10.2. The van der Waals surface area contributed by atoms with Gasteiger partial charge in [0.1, 0.15) is 19.0 Å². The van der Waals surface area contributed by atoms with Gasteiger partial charge in [0.2, 0.25) is 0 Å². The van der Waals surface area contributed by atoms with Gasteiger partial charge in [-0.1, -0.05) is 11.6 Å². The molecule has 130 valence electrons. The first-order chi connectivity index (χ1) is 12.0. The van der Waals surface area contributed by atoms with Gasteiger partial charge in [0.05, 0.1) is 5.56 Å². The van der Waals surface area contributed by atoms with Crippen molar-refractivity contribution in [2.24, 2.45) is 0 Å². The lowest BCUT2D eigenvalue weighted by molar-refractivity contribution is -0.119. The van der Waals surface area contributed by atoms with E-state index in [2.05, 4.69) is 5.32 Å². The zero-order valence-electron chi connectivity index (χ0n) is 12.9. The Hall–Kier alpha value is -2.80. The van der Waals surface area contributed by atoms with E-state index in [0.29, 0.717) is 30.4 Å². The average Bonchev–Trinajstić information content (AvgIpc) is 2.61. The molecular formula is C17H13ClFNO5. The lowest BCUT2D eigenvalue weighted by Gasteiger charge is -2.19. The van der Waals surface area contributed by atoms with Crippen LogP contribution in [0.1, 0.15) is 10.4 Å². The third-order valence-corrected chi connectivity index (χ3v) is 3.54. The predicted molar refractivity (Wildman–Crippen MR) is 87.8 cm³/mol. The second-order valence-electron chi connectivity index (χ2n) is 5.11. The maximum atomic E-state index is 13.6. The van der Waals surface area contributed by atoms with E-state index < -0.39 is 24.3 Å². The van der Waals surface area contributed by atoms with Gasteiger partial charge < -0.3 is 19.5 Å². The van der Waals surface area contributed by atoms with Crippen LogP contribution in [0.4, 0.5) is 10.1 Å². The molecule has 0 fully saturated rings. The first-order valence-corrected chi connectivity index (χ1v) is 7.72. The lowest BCUT2D eigenvalue weighted by Crippen LogP contribution is -2.21. The number of benzene rings is 2. The number of hydrogen-bond donors (Lipinski definition) is 1. The van der Waals surface area contributed by atoms with Gasteiger partial charge in [-0.05, 0) is 30.3 Å². The van der Waals surface area contributed by atoms with Crippen LogP contribution in [0, 0.1) is 5.82 Å². The highest BCUT2D eigenvalue weighted by molar-refractivity contribution is 6.30. The molecule has 25 heavy (non-hydrogen) atoms. The van der Waals surface area contributed by atoms with Crippen molar-refractivity contribution in [2.75, 3.05) is 25.1 Å². The molecule has 0 saturated carbocycles. The van der Waals surface area contributed by atoms with Crippen LogP contribution in [-0.2, 0) is 9.53 Å². The largest absolute Gasteiger partial charge is 0.486 e. The van der Waals surface area contributed by atoms with Gasteiger partial charge in [0.25, 0.3) is 5.91 Å². The minimum Gasteiger partial charge on any atom is -0.486 e. The van der Waals surface area contributed by atoms with Crippen molar-refractivity contribution >= 4 is 29.2 Å². The highest BCUT2D eigenvalue weighted by Gasteiger charge is 2.16. The summed E-state index contributed by atoms with van der Waals surface area (Å²) in [6.07, 6.45) is 0. The molecule has 0 spiro atoms. The van der Waals surface area contributed by atoms with Gasteiger partial charge in [0, 0.05) is 16.8 Å². The van der Waals surface area contributed by atoms with Crippen molar-refractivity contribution < 1.29 is 28.2 Å². The Morgan fingerprint density at radius 2 is 1.88 bits per heavy atom. The normalized spacial score (nSPS) is 12.4. The van der Waals surface area contributed by atoms with E-state index in [1.807, 2.05) is 0 Å². The molecule has 0 saturated heterocycles. The van der Waals surface area contributed by atoms with Crippen molar-refractivity contribution in [1.82, 2.24) is 0 Å². The molecule has 0 aliphatic carbocycles. The van der Waals surface area contributed by atoms with Crippen molar-refractivity contribution in [1.29, 1.82) is 0 Å². The molecule has 0 radical (unpaired) electrons. The SMILES string of the molecule is O=C(COC(=O)c1cc(Cl)ccc1F)Nc1ccc2c(c1)OCCO2. The molecule has 1 N–H and O–H groups in total. The third-order valence-electron chi connectivity index (χ3n) is 3.31. The Morgan fingerprint density at radius 1 is 1.12 bits per heavy atom. The van der Waals surface area contributed by atoms with Crippen LogP contribution in [0.5, 0.6) is 11.5 Å². The smallest absolute Gasteiger partial charge is 0.341 e. The number of fused-ring (bicyclic) bond motifs is 1. The molecule has 2 aromatic carbocycles. The number of anilines is 1. The minimum atomic E-state index is -0.975. The summed E-state index contributed by atoms with van der Waals surface area (Å²) < 4.78 is 29.2. The van der Waals surface area contributed by atoms with E-state index in [1.165, 1.54) is 6.07 Å². The van der Waals surface area contributed by atoms with E-state index in [-0.39, 0.29) is 10.6 Å². The van der Waals surface area contributed by atoms with E-state index in [1.54, 1.807) is 18.2 Å². The first kappa shape index (κ1) is 17.0. The van der Waals surface area contributed by atoms with E-state index >= 15 is 0 Å². The quantitative estimate of drug-likeness (QED) is 0.843. The van der Waals surface area contributed by atoms with Crippen LogP contribution in [0.2, 0.25) is 5.02 Å². The van der Waals surface area contributed by atoms with Gasteiger partial charge in [-0.15, -0.1) is 0 Å². The molecule has 0 unspecified atom stereocenters. The fourth-order valence-electron chi connectivity index (χ4n) is 2.18. The minimum absolute atomic E-state index is 0.189. The van der Waals surface area contributed by atoms with E-state index in [4.69, 9.17) is 25.8 Å². The standard InChI is InChI=1S/C17H13ClFNO5/c18-10-1-3-13(19)12(7-10)17(22)25-9-16(21)20-11-2-4-14-15(8-11)24-6-5-23-14/h1-4,7-8H,5-6,9H2,(H,20,21). The van der Waals surface area contributed by atoms with Crippen LogP contribution >= 0.6 is 11.6 Å². The van der Waals surface area contributed by atoms with Crippen LogP contribution in [0.15, 0.2) is 36.4 Å². The molecule has 1 aliphatic rings. The second-order valence-corrected chi connectivity index (χ2v) is 5.54. The summed E-state index contributed by atoms with van der Waals surface area (Å²) in [6, 6.07) is 8.39. The Bertz CT molecular complexity index is 827. The molecule has 6 nitrogen and oxygen atoms in total. The Morgan fingerprint density at radius 3 is 2.68 bits per heavy atom. The molecule has 0 aromatic heterocycles. The third kappa shape index (κ3) is 4.19. The van der Waals surface area contributed by atoms with Crippen molar-refractivity contribution in [2.45, 2.75) is 0 Å². The van der Waals surface area contributed by atoms with Gasteiger partial charge in [0.15, 0.2) is 18.1 Å². The number of halogens is 2. The van der Waals surface area contributed by atoms with Crippen molar-refractivity contribution in [3.8, 4) is 11.5 Å². The summed E-state index contributed by atoms with van der Waals surface area (Å²) in [4.78, 5) is 23.7. The number of carbonyl (C=O) groups is 2. The monoisotopic (exact) mass is 365 g/mol. The fourth-order valence-corrected chi connectivity index (χ4v) is 2.35. The number of nitrogens with one attached hydrogen (secondary N) is 1. The van der Waals surface area contributed by atoms with Crippen LogP contribution < -0.4 is 14.8 Å². The number of ether oxygens (including phenoxy) is 3. The topological polar surface area (TPSA) is 73.9 Å². The van der Waals surface area contributed by atoms with Gasteiger partial charge in [-0.3, -0.25) is 4.79 Å². The second kappa shape index (κ2) is 7.40. The maximum Gasteiger partial charge on any atom is 0.341 e. The molecule has 1 heterocycles. The van der Waals surface area contributed by atoms with Gasteiger partial charge in [-0.2, -0.15) is 0 Å². The number of rotatable bonds is 4. The molecule has 2 aromatic rings. The highest BCUT2D eigenvalue weighted by atomic mass is 35.5. The molecule has 8 heteroatoms. The van der Waals surface area contributed by atoms with Crippen LogP contribution in [0.3, 0.4) is 0 Å². The molecule has 0 bridgehead atoms. The first-order valence-electron chi connectivity index (χ1n) is 7.34. The van der Waals surface area contributed by atoms with Crippen LogP contribution in [0.25, 0.3) is 0 Å². The Kier molecular flexibility index (Phi) is 5.04. The number of esters is 1. The zero-order valence-corrected chi connectivity index (χ0v) is 13.6. The number of carbonyl (C=O) groups excluding carboxylic acids is 2. The summed E-state index contributed by atoms with van der Waals surface area (Å²) >= 11 is 5.71. The zero-order chi connectivity index (χ0) is 17.8. The molecule has 0 atom stereocenters. The molecule has 1 aliphatic heterocycles.